The quantitative estimate of drug-likeness (QED) is 0.0616. The highest BCUT2D eigenvalue weighted by Crippen LogP contribution is 2.34. The molecular weight excluding hydrogens is 633 g/mol. The minimum atomic E-state index is -4.82. The van der Waals surface area contributed by atoms with E-state index in [9.17, 15) is 32.3 Å². The summed E-state index contributed by atoms with van der Waals surface area (Å²) >= 11 is 0. The van der Waals surface area contributed by atoms with Crippen molar-refractivity contribution in [2.45, 2.75) is 44.1 Å². The minimum Gasteiger partial charge on any atom is -0.445 e. The summed E-state index contributed by atoms with van der Waals surface area (Å²) in [5.74, 6) is -1.62. The molecule has 2 unspecified atom stereocenters. The van der Waals surface area contributed by atoms with Gasteiger partial charge in [0.05, 0.1) is 5.56 Å². The number of fused-ring (bicyclic) bond motifs is 1. The van der Waals surface area contributed by atoms with E-state index >= 15 is 0 Å². The van der Waals surface area contributed by atoms with Crippen LogP contribution in [0.5, 0.6) is 0 Å². The number of guanidine groups is 1. The number of rotatable bonds is 13. The SMILES string of the molecule is NC(N)=NCCCC(NC(=O)C(Cc1ccccc1)NC(=O)OCc1ccccc1)C(=O)Nc1ccc2c(C(F)(F)F)cc(=O)oc2c1. The molecule has 1 aromatic heterocycles. The second-order valence-corrected chi connectivity index (χ2v) is 10.6. The maximum absolute atomic E-state index is 13.6. The third kappa shape index (κ3) is 10.3. The largest absolute Gasteiger partial charge is 0.445 e. The molecule has 0 aliphatic carbocycles. The van der Waals surface area contributed by atoms with Crippen molar-refractivity contribution in [1.82, 2.24) is 10.6 Å². The van der Waals surface area contributed by atoms with Gasteiger partial charge in [-0.15, -0.1) is 0 Å². The van der Waals surface area contributed by atoms with Crippen molar-refractivity contribution in [3.8, 4) is 0 Å². The van der Waals surface area contributed by atoms with E-state index in [0.717, 1.165) is 17.7 Å². The lowest BCUT2D eigenvalue weighted by atomic mass is 10.0. The number of nitrogens with one attached hydrogen (secondary N) is 3. The molecule has 4 aromatic rings. The molecule has 1 heterocycles. The Morgan fingerprint density at radius 3 is 2.17 bits per heavy atom. The van der Waals surface area contributed by atoms with Gasteiger partial charge >= 0.3 is 17.9 Å². The molecule has 2 atom stereocenters. The van der Waals surface area contributed by atoms with E-state index in [1.54, 1.807) is 54.6 Å². The van der Waals surface area contributed by atoms with Crippen LogP contribution in [0.2, 0.25) is 0 Å². The zero-order valence-electron chi connectivity index (χ0n) is 25.5. The first-order valence-electron chi connectivity index (χ1n) is 14.7. The van der Waals surface area contributed by atoms with Gasteiger partial charge in [0.1, 0.15) is 24.3 Å². The Balaban J connectivity index is 1.54. The molecule has 48 heavy (non-hydrogen) atoms. The molecule has 15 heteroatoms. The van der Waals surface area contributed by atoms with Gasteiger partial charge in [-0.25, -0.2) is 9.59 Å². The number of alkyl carbamates (subject to hydrolysis) is 1. The number of ether oxygens (including phenoxy) is 1. The highest BCUT2D eigenvalue weighted by molar-refractivity contribution is 5.99. The zero-order chi connectivity index (χ0) is 34.7. The fraction of sp³-hybridized carbons (Fsp3) is 0.242. The van der Waals surface area contributed by atoms with Gasteiger partial charge in [0.25, 0.3) is 0 Å². The van der Waals surface area contributed by atoms with E-state index in [-0.39, 0.29) is 49.4 Å². The molecule has 0 spiro atoms. The third-order valence-electron chi connectivity index (χ3n) is 7.00. The fourth-order valence-corrected chi connectivity index (χ4v) is 4.72. The van der Waals surface area contributed by atoms with Crippen molar-refractivity contribution in [2.24, 2.45) is 16.5 Å². The fourth-order valence-electron chi connectivity index (χ4n) is 4.72. The van der Waals surface area contributed by atoms with Gasteiger partial charge in [-0.1, -0.05) is 60.7 Å². The van der Waals surface area contributed by atoms with Gasteiger partial charge in [0.15, 0.2) is 5.96 Å². The molecule has 3 aromatic carbocycles. The number of amides is 3. The van der Waals surface area contributed by atoms with Gasteiger partial charge in [-0.3, -0.25) is 14.6 Å². The Kier molecular flexibility index (Phi) is 11.7. The van der Waals surface area contributed by atoms with Gasteiger partial charge in [0, 0.05) is 36.2 Å². The van der Waals surface area contributed by atoms with Crippen LogP contribution in [0.3, 0.4) is 0 Å². The number of nitrogens with zero attached hydrogens (tertiary/aromatic N) is 1. The standard InChI is InChI=1S/C33H33F3N6O6/c34-33(35,36)24-18-28(43)48-27-17-22(13-14-23(24)27)40-29(44)25(12-7-15-39-31(37)38)41-30(45)26(16-20-8-3-1-4-9-20)42-32(46)47-19-21-10-5-2-6-11-21/h1-6,8-11,13-14,17-18,25-26H,7,12,15-16,19H2,(H,40,44)(H,41,45)(H,42,46)(H4,37,38,39). The van der Waals surface area contributed by atoms with E-state index in [1.807, 2.05) is 6.07 Å². The molecule has 4 rings (SSSR count). The van der Waals surface area contributed by atoms with Crippen molar-refractivity contribution in [3.05, 3.63) is 112 Å². The summed E-state index contributed by atoms with van der Waals surface area (Å²) < 4.78 is 50.7. The van der Waals surface area contributed by atoms with Crippen LogP contribution in [0, 0.1) is 0 Å². The lowest BCUT2D eigenvalue weighted by molar-refractivity contribution is -0.136. The summed E-state index contributed by atoms with van der Waals surface area (Å²) in [5, 5.41) is 7.37. The number of aliphatic imine (C=N–C) groups is 1. The van der Waals surface area contributed by atoms with E-state index < -0.39 is 52.9 Å². The monoisotopic (exact) mass is 666 g/mol. The number of nitrogens with two attached hydrogens (primary N) is 2. The summed E-state index contributed by atoms with van der Waals surface area (Å²) in [7, 11) is 0. The summed E-state index contributed by atoms with van der Waals surface area (Å²) in [6, 6.07) is 19.1. The zero-order valence-corrected chi connectivity index (χ0v) is 25.5. The molecule has 0 bridgehead atoms. The van der Waals surface area contributed by atoms with Crippen molar-refractivity contribution in [1.29, 1.82) is 0 Å². The molecule has 3 amide bonds. The summed E-state index contributed by atoms with van der Waals surface area (Å²) in [5.41, 5.74) is 9.43. The molecule has 0 radical (unpaired) electrons. The molecule has 7 N–H and O–H groups in total. The van der Waals surface area contributed by atoms with E-state index in [2.05, 4.69) is 20.9 Å². The maximum Gasteiger partial charge on any atom is 0.417 e. The van der Waals surface area contributed by atoms with Crippen LogP contribution in [0.4, 0.5) is 23.7 Å². The van der Waals surface area contributed by atoms with Gasteiger partial charge in [-0.2, -0.15) is 13.2 Å². The van der Waals surface area contributed by atoms with E-state index in [1.165, 1.54) is 6.07 Å². The molecular formula is C33H33F3N6O6. The lowest BCUT2D eigenvalue weighted by Gasteiger charge is -2.23. The topological polar surface area (TPSA) is 191 Å². The normalized spacial score (nSPS) is 12.4. The van der Waals surface area contributed by atoms with Crippen molar-refractivity contribution in [3.63, 3.8) is 0 Å². The third-order valence-corrected chi connectivity index (χ3v) is 7.00. The van der Waals surface area contributed by atoms with E-state index in [4.69, 9.17) is 20.6 Å². The average Bonchev–Trinajstić information content (AvgIpc) is 3.04. The number of carbonyl (C=O) groups is 3. The number of benzene rings is 3. The molecule has 252 valence electrons. The van der Waals surface area contributed by atoms with Gasteiger partial charge < -0.3 is 36.6 Å². The van der Waals surface area contributed by atoms with Crippen molar-refractivity contribution >= 4 is 40.5 Å². The Morgan fingerprint density at radius 1 is 0.854 bits per heavy atom. The molecule has 0 saturated carbocycles. The van der Waals surface area contributed by atoms with Crippen LogP contribution >= 0.6 is 0 Å². The summed E-state index contributed by atoms with van der Waals surface area (Å²) in [6.45, 7) is 0.0827. The Bertz CT molecular complexity index is 1810. The first-order chi connectivity index (χ1) is 22.9. The second kappa shape index (κ2) is 16.1. The molecule has 0 aliphatic rings. The Morgan fingerprint density at radius 2 is 1.52 bits per heavy atom. The van der Waals surface area contributed by atoms with E-state index in [0.29, 0.717) is 11.6 Å². The molecule has 12 nitrogen and oxygen atoms in total. The Labute approximate surface area is 272 Å². The highest BCUT2D eigenvalue weighted by Gasteiger charge is 2.34. The molecule has 0 fully saturated rings. The number of anilines is 1. The van der Waals surface area contributed by atoms with Crippen LogP contribution in [0.1, 0.15) is 29.5 Å². The smallest absolute Gasteiger partial charge is 0.417 e. The second-order valence-electron chi connectivity index (χ2n) is 10.6. The van der Waals surface area contributed by atoms with Crippen molar-refractivity contribution in [2.75, 3.05) is 11.9 Å². The summed E-state index contributed by atoms with van der Waals surface area (Å²) in [6.07, 6.45) is -5.35. The Hall–Kier alpha value is -5.86. The van der Waals surface area contributed by atoms with Crippen LogP contribution < -0.4 is 33.0 Å². The number of hydrogen-bond donors (Lipinski definition) is 5. The average molecular weight is 667 g/mol. The highest BCUT2D eigenvalue weighted by atomic mass is 19.4. The molecule has 0 saturated heterocycles. The number of halogens is 3. The first kappa shape index (κ1) is 35.0. The first-order valence-corrected chi connectivity index (χ1v) is 14.7. The minimum absolute atomic E-state index is 0.00176. The number of carbonyl (C=O) groups excluding carboxylic acids is 3. The maximum atomic E-state index is 13.6. The van der Waals surface area contributed by atoms with Gasteiger partial charge in [-0.05, 0) is 36.1 Å². The predicted molar refractivity (Wildman–Crippen MR) is 172 cm³/mol. The van der Waals surface area contributed by atoms with Crippen molar-refractivity contribution < 1.29 is 36.7 Å². The van der Waals surface area contributed by atoms with Gasteiger partial charge in [0.2, 0.25) is 11.8 Å². The van der Waals surface area contributed by atoms with Crippen LogP contribution in [-0.4, -0.2) is 42.5 Å². The molecule has 0 aliphatic heterocycles. The van der Waals surface area contributed by atoms with Crippen LogP contribution in [-0.2, 0) is 33.5 Å². The summed E-state index contributed by atoms with van der Waals surface area (Å²) in [4.78, 5) is 55.5. The van der Waals surface area contributed by atoms with Crippen LogP contribution in [0.15, 0.2) is 99.1 Å². The number of alkyl halides is 3. The predicted octanol–water partition coefficient (Wildman–Crippen LogP) is 3.83. The lowest BCUT2D eigenvalue weighted by Crippen LogP contribution is -2.53. The number of hydrogen-bond acceptors (Lipinski definition) is 7. The van der Waals surface area contributed by atoms with Crippen LogP contribution in [0.25, 0.3) is 11.0 Å².